The second-order valence-electron chi connectivity index (χ2n) is 1.85. The van der Waals surface area contributed by atoms with Crippen molar-refractivity contribution in [3.05, 3.63) is 0 Å². The van der Waals surface area contributed by atoms with Crippen LogP contribution >= 0.6 is 47.4 Å². The van der Waals surface area contributed by atoms with Crippen LogP contribution < -0.4 is 0 Å². The van der Waals surface area contributed by atoms with Crippen molar-refractivity contribution < 1.29 is 14.7 Å². The highest BCUT2D eigenvalue weighted by atomic mass is 35.5. The minimum atomic E-state index is -2.08. The molecule has 0 aromatic rings. The fourth-order valence-electron chi connectivity index (χ4n) is 0.548. The maximum absolute atomic E-state index is 11.1. The number of carbonyl (C=O) groups excluding carboxylic acids is 1. The van der Waals surface area contributed by atoms with Crippen molar-refractivity contribution in [2.24, 2.45) is 0 Å². The fraction of sp³-hybridized carbons (Fsp3) is 0.250. The van der Waals surface area contributed by atoms with Gasteiger partial charge in [0.25, 0.3) is 10.1 Å². The van der Waals surface area contributed by atoms with Crippen LogP contribution in [0.2, 0.25) is 0 Å². The Kier molecular flexibility index (Phi) is 2.53. The number of thiocarbonyl (C=S) groups is 1. The van der Waals surface area contributed by atoms with Gasteiger partial charge in [0.1, 0.15) is 0 Å². The van der Waals surface area contributed by atoms with E-state index in [0.29, 0.717) is 16.2 Å². The largest absolute Gasteiger partial charge is 0.479 e. The first kappa shape index (κ1) is 10.0. The zero-order valence-electron chi connectivity index (χ0n) is 5.28. The molecule has 0 aromatic heterocycles. The molecule has 1 amide bonds. The van der Waals surface area contributed by atoms with E-state index >= 15 is 0 Å². The summed E-state index contributed by atoms with van der Waals surface area (Å²) in [4.78, 5) is 21.6. The first-order chi connectivity index (χ1) is 5.39. The Hall–Kier alpha value is -0.0400. The first-order valence-electron chi connectivity index (χ1n) is 2.55. The van der Waals surface area contributed by atoms with Gasteiger partial charge in [0.15, 0.2) is 4.32 Å². The van der Waals surface area contributed by atoms with Crippen LogP contribution in [0.4, 0.5) is 0 Å². The number of carbonyl (C=O) groups is 2. The van der Waals surface area contributed by atoms with Gasteiger partial charge in [0.05, 0.1) is 0 Å². The number of nitrogens with zero attached hydrogens (tertiary/aromatic N) is 1. The Morgan fingerprint density at radius 1 is 1.75 bits per heavy atom. The minimum absolute atomic E-state index is 0.0564. The molecule has 1 aliphatic rings. The number of carboxylic acids is 1. The second-order valence-corrected chi connectivity index (χ2v) is 4.83. The van der Waals surface area contributed by atoms with Gasteiger partial charge in [-0.2, -0.15) is 0 Å². The summed E-state index contributed by atoms with van der Waals surface area (Å²) in [5, 5.41) is 8.56. The molecule has 0 radical (unpaired) electrons. The number of alkyl halides is 1. The number of hydrogen-bond acceptors (Lipinski definition) is 4. The Labute approximate surface area is 86.9 Å². The van der Waals surface area contributed by atoms with Crippen LogP contribution in [0.25, 0.3) is 0 Å². The predicted molar refractivity (Wildman–Crippen MR) is 49.1 cm³/mol. The molecule has 8 heteroatoms. The van der Waals surface area contributed by atoms with Gasteiger partial charge in [-0.15, -0.1) is 0 Å². The summed E-state index contributed by atoms with van der Waals surface area (Å²) in [5.41, 5.74) is 0. The van der Waals surface area contributed by atoms with Crippen LogP contribution in [0.3, 0.4) is 0 Å². The molecule has 1 saturated heterocycles. The second kappa shape index (κ2) is 3.02. The highest BCUT2D eigenvalue weighted by molar-refractivity contribution is 8.26. The molecule has 1 unspecified atom stereocenters. The highest BCUT2D eigenvalue weighted by Gasteiger charge is 2.55. The van der Waals surface area contributed by atoms with Gasteiger partial charge < -0.3 is 5.11 Å². The van der Waals surface area contributed by atoms with E-state index in [1.807, 2.05) is 0 Å². The molecular weight excluding hydrogens is 245 g/mol. The van der Waals surface area contributed by atoms with E-state index in [1.54, 1.807) is 0 Å². The molecule has 0 aliphatic carbocycles. The third-order valence-electron chi connectivity index (χ3n) is 1.12. The monoisotopic (exact) mass is 245 g/mol. The zero-order chi connectivity index (χ0) is 9.52. The van der Waals surface area contributed by atoms with Crippen molar-refractivity contribution >= 4 is 63.6 Å². The van der Waals surface area contributed by atoms with Crippen LogP contribution in [0, 0.1) is 0 Å². The molecule has 0 aromatic carbocycles. The third-order valence-corrected chi connectivity index (χ3v) is 3.61. The van der Waals surface area contributed by atoms with Crippen LogP contribution in [-0.4, -0.2) is 29.9 Å². The average molecular weight is 246 g/mol. The van der Waals surface area contributed by atoms with Gasteiger partial charge in [0.2, 0.25) is 0 Å². The Morgan fingerprint density at radius 2 is 2.25 bits per heavy atom. The number of amides is 1. The standard InChI is InChI=1S/C4HCl2NO3S2/c5-4(2(9)10)1(8)7(6)3(11)12-4/h(H,9,10). The average Bonchev–Trinajstić information content (AvgIpc) is 2.17. The molecular formula is C4HCl2NO3S2. The molecule has 4 nitrogen and oxygen atoms in total. The summed E-state index contributed by atoms with van der Waals surface area (Å²) in [7, 11) is 0. The fourth-order valence-corrected chi connectivity index (χ4v) is 2.44. The smallest absolute Gasteiger partial charge is 0.345 e. The van der Waals surface area contributed by atoms with Crippen LogP contribution in [0.15, 0.2) is 0 Å². The Balaban J connectivity index is 3.05. The summed E-state index contributed by atoms with van der Waals surface area (Å²) in [5.74, 6) is -2.40. The summed E-state index contributed by atoms with van der Waals surface area (Å²) in [6.45, 7) is 0. The van der Waals surface area contributed by atoms with Crippen molar-refractivity contribution in [1.82, 2.24) is 4.42 Å². The number of aliphatic carboxylic acids is 1. The molecule has 0 spiro atoms. The van der Waals surface area contributed by atoms with Crippen molar-refractivity contribution in [1.29, 1.82) is 0 Å². The Morgan fingerprint density at radius 3 is 2.42 bits per heavy atom. The normalized spacial score (nSPS) is 29.7. The summed E-state index contributed by atoms with van der Waals surface area (Å²) in [6.07, 6.45) is 0. The van der Waals surface area contributed by atoms with E-state index in [9.17, 15) is 9.59 Å². The summed E-state index contributed by atoms with van der Waals surface area (Å²) < 4.78 is -1.61. The molecule has 1 rings (SSSR count). The lowest BCUT2D eigenvalue weighted by atomic mass is 10.4. The van der Waals surface area contributed by atoms with Crippen LogP contribution in [0.5, 0.6) is 0 Å². The Bertz CT molecular complexity index is 281. The number of thioether (sulfide) groups is 1. The molecule has 1 aliphatic heterocycles. The summed E-state index contributed by atoms with van der Waals surface area (Å²) in [6, 6.07) is 0. The summed E-state index contributed by atoms with van der Waals surface area (Å²) >= 11 is 15.9. The molecule has 1 heterocycles. The topological polar surface area (TPSA) is 57.6 Å². The van der Waals surface area contributed by atoms with Gasteiger partial charge >= 0.3 is 5.97 Å². The van der Waals surface area contributed by atoms with Gasteiger partial charge in [-0.1, -0.05) is 35.6 Å². The maximum Gasteiger partial charge on any atom is 0.345 e. The zero-order valence-corrected chi connectivity index (χ0v) is 8.43. The van der Waals surface area contributed by atoms with Crippen LogP contribution in [-0.2, 0) is 9.59 Å². The highest BCUT2D eigenvalue weighted by Crippen LogP contribution is 2.42. The molecule has 1 atom stereocenters. The molecule has 66 valence electrons. The SMILES string of the molecule is O=C(O)C1(Cl)SC(=S)N(Cl)C1=O. The number of hydrogen-bond donors (Lipinski definition) is 1. The van der Waals surface area contributed by atoms with Gasteiger partial charge in [-0.25, -0.2) is 9.21 Å². The molecule has 0 saturated carbocycles. The minimum Gasteiger partial charge on any atom is -0.479 e. The van der Waals surface area contributed by atoms with E-state index in [-0.39, 0.29) is 4.32 Å². The van der Waals surface area contributed by atoms with Gasteiger partial charge in [-0.05, 0) is 0 Å². The first-order valence-corrected chi connectivity index (χ1v) is 4.49. The van der Waals surface area contributed by atoms with E-state index in [2.05, 4.69) is 12.2 Å². The molecule has 12 heavy (non-hydrogen) atoms. The number of rotatable bonds is 1. The van der Waals surface area contributed by atoms with E-state index in [4.69, 9.17) is 28.5 Å². The van der Waals surface area contributed by atoms with Gasteiger partial charge in [-0.3, -0.25) is 4.79 Å². The maximum atomic E-state index is 11.1. The quantitative estimate of drug-likeness (QED) is 0.324. The van der Waals surface area contributed by atoms with E-state index in [1.165, 1.54) is 0 Å². The van der Waals surface area contributed by atoms with Gasteiger partial charge in [0, 0.05) is 11.8 Å². The molecule has 1 N–H and O–H groups in total. The molecule has 0 bridgehead atoms. The lowest BCUT2D eigenvalue weighted by molar-refractivity contribution is -0.141. The van der Waals surface area contributed by atoms with Crippen molar-refractivity contribution in [3.8, 4) is 0 Å². The van der Waals surface area contributed by atoms with E-state index < -0.39 is 16.1 Å². The van der Waals surface area contributed by atoms with Crippen molar-refractivity contribution in [3.63, 3.8) is 0 Å². The lowest BCUT2D eigenvalue weighted by Crippen LogP contribution is -2.37. The number of carboxylic acid groups (broad SMARTS) is 1. The van der Waals surface area contributed by atoms with Crippen molar-refractivity contribution in [2.45, 2.75) is 4.21 Å². The predicted octanol–water partition coefficient (Wildman–Crippen LogP) is 1.02. The lowest BCUT2D eigenvalue weighted by Gasteiger charge is -2.09. The molecule has 1 fully saturated rings. The third kappa shape index (κ3) is 1.28. The van der Waals surface area contributed by atoms with Crippen molar-refractivity contribution in [2.75, 3.05) is 0 Å². The van der Waals surface area contributed by atoms with Crippen LogP contribution in [0.1, 0.15) is 0 Å². The van der Waals surface area contributed by atoms with E-state index in [0.717, 1.165) is 0 Å². The number of halogens is 2.